The predicted molar refractivity (Wildman–Crippen MR) is 116 cm³/mol. The maximum Gasteiger partial charge on any atom is 0.275 e. The molecule has 9 heteroatoms. The summed E-state index contributed by atoms with van der Waals surface area (Å²) in [7, 11) is 3.63. The van der Waals surface area contributed by atoms with Crippen LogP contribution in [0.3, 0.4) is 0 Å². The second kappa shape index (κ2) is 6.88. The second-order valence-electron chi connectivity index (χ2n) is 7.45. The van der Waals surface area contributed by atoms with E-state index >= 15 is 0 Å². The lowest BCUT2D eigenvalue weighted by Crippen LogP contribution is -2.38. The monoisotopic (exact) mass is 420 g/mol. The van der Waals surface area contributed by atoms with Gasteiger partial charge in [0.2, 0.25) is 0 Å². The van der Waals surface area contributed by atoms with Gasteiger partial charge in [-0.05, 0) is 25.8 Å². The Hall–Kier alpha value is -3.33. The SMILES string of the molecule is C[C@H](C(=O)N(C)c1nc2c(s1)CCc1c-2cnn1C)n1ncc2ccccc2c1=O. The van der Waals surface area contributed by atoms with E-state index in [1.807, 2.05) is 30.1 Å². The third-order valence-electron chi connectivity index (χ3n) is 5.65. The number of nitrogens with zero attached hydrogens (tertiary/aromatic N) is 6. The number of carbonyl (C=O) groups is 1. The number of aromatic nitrogens is 5. The summed E-state index contributed by atoms with van der Waals surface area (Å²) in [6.45, 7) is 1.69. The smallest absolute Gasteiger partial charge is 0.275 e. The standard InChI is InChI=1S/C21H20N6O2S/c1-12(27-20(29)14-7-5-4-6-13(14)10-23-27)19(28)25(2)21-24-18-15-11-22-26(3)16(15)8-9-17(18)30-21/h4-7,10-12H,8-9H2,1-3H3/t12-/m1/s1. The molecule has 1 aliphatic carbocycles. The summed E-state index contributed by atoms with van der Waals surface area (Å²) in [6, 6.07) is 6.49. The molecule has 0 spiro atoms. The van der Waals surface area contributed by atoms with Crippen LogP contribution >= 0.6 is 11.3 Å². The van der Waals surface area contributed by atoms with Gasteiger partial charge in [0.15, 0.2) is 5.13 Å². The topological polar surface area (TPSA) is 85.9 Å². The minimum Gasteiger partial charge on any atom is -0.289 e. The van der Waals surface area contributed by atoms with E-state index in [-0.39, 0.29) is 11.5 Å². The molecule has 3 heterocycles. The number of anilines is 1. The summed E-state index contributed by atoms with van der Waals surface area (Å²) >= 11 is 1.51. The summed E-state index contributed by atoms with van der Waals surface area (Å²) in [5.74, 6) is -0.239. The number of aryl methyl sites for hydroxylation is 2. The fourth-order valence-electron chi connectivity index (χ4n) is 3.91. The molecule has 1 atom stereocenters. The van der Waals surface area contributed by atoms with Crippen LogP contribution in [0.1, 0.15) is 23.5 Å². The Labute approximate surface area is 176 Å². The van der Waals surface area contributed by atoms with Crippen LogP contribution in [0.5, 0.6) is 0 Å². The zero-order valence-corrected chi connectivity index (χ0v) is 17.7. The summed E-state index contributed by atoms with van der Waals surface area (Å²) in [5, 5.41) is 10.5. The van der Waals surface area contributed by atoms with Crippen molar-refractivity contribution in [1.29, 1.82) is 0 Å². The lowest BCUT2D eigenvalue weighted by Gasteiger charge is -2.20. The highest BCUT2D eigenvalue weighted by molar-refractivity contribution is 7.16. The average molecular weight is 420 g/mol. The fraction of sp³-hybridized carbons (Fsp3) is 0.286. The predicted octanol–water partition coefficient (Wildman–Crippen LogP) is 2.58. The summed E-state index contributed by atoms with van der Waals surface area (Å²) in [4.78, 5) is 33.4. The van der Waals surface area contributed by atoms with Crippen LogP contribution in [0.15, 0.2) is 41.5 Å². The van der Waals surface area contributed by atoms with Gasteiger partial charge in [0.1, 0.15) is 6.04 Å². The van der Waals surface area contributed by atoms with E-state index in [9.17, 15) is 9.59 Å². The number of amides is 1. The lowest BCUT2D eigenvalue weighted by atomic mass is 10.0. The summed E-state index contributed by atoms with van der Waals surface area (Å²) in [6.07, 6.45) is 5.24. The number of hydrogen-bond donors (Lipinski definition) is 0. The van der Waals surface area contributed by atoms with E-state index in [0.717, 1.165) is 40.1 Å². The first-order valence-corrected chi connectivity index (χ1v) is 10.5. The van der Waals surface area contributed by atoms with Crippen LogP contribution in [0.2, 0.25) is 0 Å². The molecule has 8 nitrogen and oxygen atoms in total. The number of likely N-dealkylation sites (N-methyl/N-ethyl adjacent to an activating group) is 1. The van der Waals surface area contributed by atoms with Crippen LogP contribution in [0, 0.1) is 0 Å². The van der Waals surface area contributed by atoms with Gasteiger partial charge >= 0.3 is 0 Å². The van der Waals surface area contributed by atoms with Crippen molar-refractivity contribution in [3.63, 3.8) is 0 Å². The van der Waals surface area contributed by atoms with Crippen molar-refractivity contribution in [3.8, 4) is 11.3 Å². The van der Waals surface area contributed by atoms with Crippen molar-refractivity contribution in [1.82, 2.24) is 24.5 Å². The van der Waals surface area contributed by atoms with E-state index in [1.165, 1.54) is 20.9 Å². The van der Waals surface area contributed by atoms with Crippen molar-refractivity contribution in [2.24, 2.45) is 7.05 Å². The molecule has 1 aromatic carbocycles. The maximum absolute atomic E-state index is 13.2. The Balaban J connectivity index is 1.47. The molecule has 3 aromatic heterocycles. The molecule has 30 heavy (non-hydrogen) atoms. The van der Waals surface area contributed by atoms with E-state index in [2.05, 4.69) is 10.2 Å². The minimum atomic E-state index is -0.748. The van der Waals surface area contributed by atoms with Gasteiger partial charge in [-0.3, -0.25) is 19.2 Å². The van der Waals surface area contributed by atoms with E-state index in [1.54, 1.807) is 32.3 Å². The molecule has 0 aliphatic heterocycles. The molecule has 152 valence electrons. The van der Waals surface area contributed by atoms with Gasteiger partial charge < -0.3 is 0 Å². The van der Waals surface area contributed by atoms with Gasteiger partial charge in [0, 0.05) is 35.6 Å². The highest BCUT2D eigenvalue weighted by atomic mass is 32.1. The van der Waals surface area contributed by atoms with E-state index < -0.39 is 6.04 Å². The molecular weight excluding hydrogens is 400 g/mol. The third-order valence-corrected chi connectivity index (χ3v) is 6.85. The number of carbonyl (C=O) groups excluding carboxylic acids is 1. The van der Waals surface area contributed by atoms with Crippen LogP contribution < -0.4 is 10.5 Å². The molecule has 4 aromatic rings. The summed E-state index contributed by atoms with van der Waals surface area (Å²) in [5.41, 5.74) is 2.81. The van der Waals surface area contributed by atoms with Crippen LogP contribution in [0.25, 0.3) is 22.0 Å². The van der Waals surface area contributed by atoms with E-state index in [4.69, 9.17) is 4.98 Å². The number of hydrogen-bond acceptors (Lipinski definition) is 6. The first kappa shape index (κ1) is 18.7. The van der Waals surface area contributed by atoms with Crippen LogP contribution in [-0.4, -0.2) is 37.5 Å². The molecule has 0 saturated heterocycles. The van der Waals surface area contributed by atoms with E-state index in [0.29, 0.717) is 10.5 Å². The van der Waals surface area contributed by atoms with Crippen LogP contribution in [-0.2, 0) is 24.7 Å². The van der Waals surface area contributed by atoms with Crippen molar-refractivity contribution in [2.75, 3.05) is 11.9 Å². The van der Waals surface area contributed by atoms with Crippen molar-refractivity contribution >= 4 is 33.1 Å². The summed E-state index contributed by atoms with van der Waals surface area (Å²) < 4.78 is 3.12. The first-order chi connectivity index (χ1) is 14.5. The van der Waals surface area contributed by atoms with Gasteiger partial charge in [-0.2, -0.15) is 10.2 Å². The van der Waals surface area contributed by atoms with Crippen molar-refractivity contribution in [3.05, 3.63) is 57.6 Å². The van der Waals surface area contributed by atoms with Crippen molar-refractivity contribution < 1.29 is 4.79 Å². The van der Waals surface area contributed by atoms with Gasteiger partial charge in [-0.15, -0.1) is 11.3 Å². The Morgan fingerprint density at radius 1 is 1.20 bits per heavy atom. The Morgan fingerprint density at radius 2 is 2.00 bits per heavy atom. The van der Waals surface area contributed by atoms with Gasteiger partial charge in [0.05, 0.1) is 23.5 Å². The number of fused-ring (bicyclic) bond motifs is 4. The number of benzene rings is 1. The molecule has 0 N–H and O–H groups in total. The van der Waals surface area contributed by atoms with Gasteiger partial charge in [-0.1, -0.05) is 18.2 Å². The molecule has 1 amide bonds. The largest absolute Gasteiger partial charge is 0.289 e. The number of rotatable bonds is 3. The Morgan fingerprint density at radius 3 is 2.83 bits per heavy atom. The van der Waals surface area contributed by atoms with Gasteiger partial charge in [0.25, 0.3) is 11.5 Å². The molecule has 0 unspecified atom stereocenters. The number of thiazole rings is 1. The third kappa shape index (κ3) is 2.77. The zero-order valence-electron chi connectivity index (χ0n) is 16.9. The Bertz CT molecular complexity index is 1350. The highest BCUT2D eigenvalue weighted by Gasteiger charge is 2.28. The molecule has 0 fully saturated rings. The van der Waals surface area contributed by atoms with Gasteiger partial charge in [-0.25, -0.2) is 9.67 Å². The second-order valence-corrected chi connectivity index (χ2v) is 8.51. The Kier molecular flexibility index (Phi) is 4.28. The normalized spacial score (nSPS) is 13.7. The quantitative estimate of drug-likeness (QED) is 0.509. The molecule has 1 aliphatic rings. The maximum atomic E-state index is 13.2. The van der Waals surface area contributed by atoms with Crippen molar-refractivity contribution in [2.45, 2.75) is 25.8 Å². The molecular formula is C21H20N6O2S. The molecule has 0 bridgehead atoms. The fourth-order valence-corrected chi connectivity index (χ4v) is 4.95. The molecule has 0 saturated carbocycles. The first-order valence-electron chi connectivity index (χ1n) is 9.70. The lowest BCUT2D eigenvalue weighted by molar-refractivity contribution is -0.121. The van der Waals surface area contributed by atoms with Crippen LogP contribution in [0.4, 0.5) is 5.13 Å². The average Bonchev–Trinajstić information content (AvgIpc) is 3.36. The zero-order chi connectivity index (χ0) is 21.0. The highest BCUT2D eigenvalue weighted by Crippen LogP contribution is 2.39. The molecule has 0 radical (unpaired) electrons. The molecule has 5 rings (SSSR count). The minimum absolute atomic E-state index is 0.239.